The minimum absolute atomic E-state index is 0.0877. The molecule has 0 spiro atoms. The van der Waals surface area contributed by atoms with Crippen LogP contribution in [0.3, 0.4) is 0 Å². The summed E-state index contributed by atoms with van der Waals surface area (Å²) in [7, 11) is 0. The van der Waals surface area contributed by atoms with Gasteiger partial charge in [0.05, 0.1) is 16.6 Å². The molecule has 30 heavy (non-hydrogen) atoms. The van der Waals surface area contributed by atoms with E-state index in [2.05, 4.69) is 35.3 Å². The lowest BCUT2D eigenvalue weighted by Crippen LogP contribution is -2.22. The van der Waals surface area contributed by atoms with Crippen molar-refractivity contribution >= 4 is 28.4 Å². The summed E-state index contributed by atoms with van der Waals surface area (Å²) >= 11 is 1.63. The maximum atomic E-state index is 13.4. The van der Waals surface area contributed by atoms with Crippen LogP contribution in [0.5, 0.6) is 0 Å². The first-order chi connectivity index (χ1) is 14.6. The second kappa shape index (κ2) is 7.46. The van der Waals surface area contributed by atoms with E-state index in [0.717, 1.165) is 27.7 Å². The number of fused-ring (bicyclic) bond motifs is 3. The van der Waals surface area contributed by atoms with Gasteiger partial charge >= 0.3 is 0 Å². The Kier molecular flexibility index (Phi) is 4.64. The van der Waals surface area contributed by atoms with Crippen LogP contribution in [0.4, 0.5) is 0 Å². The van der Waals surface area contributed by atoms with Gasteiger partial charge < -0.3 is 0 Å². The van der Waals surface area contributed by atoms with Gasteiger partial charge in [-0.15, -0.1) is 10.2 Å². The minimum Gasteiger partial charge on any atom is -0.268 e. The lowest BCUT2D eigenvalue weighted by molar-refractivity contribution is 0.928. The number of aryl methyl sites for hydroxylation is 2. The summed E-state index contributed by atoms with van der Waals surface area (Å²) in [5, 5.41) is 10.3. The number of hydrogen-bond donors (Lipinski definition) is 0. The van der Waals surface area contributed by atoms with Gasteiger partial charge in [0, 0.05) is 5.75 Å². The lowest BCUT2D eigenvalue weighted by atomic mass is 10.1. The molecule has 2 heterocycles. The molecule has 0 N–H and O–H groups in total. The van der Waals surface area contributed by atoms with Crippen molar-refractivity contribution in [1.82, 2.24) is 19.2 Å². The van der Waals surface area contributed by atoms with E-state index in [9.17, 15) is 4.79 Å². The van der Waals surface area contributed by atoms with Crippen molar-refractivity contribution in [2.45, 2.75) is 24.8 Å². The van der Waals surface area contributed by atoms with Crippen LogP contribution in [0.2, 0.25) is 0 Å². The summed E-state index contributed by atoms with van der Waals surface area (Å²) in [5.74, 6) is 1.31. The van der Waals surface area contributed by atoms with E-state index in [0.29, 0.717) is 11.2 Å². The summed E-state index contributed by atoms with van der Waals surface area (Å²) in [6.07, 6.45) is 0. The van der Waals surface area contributed by atoms with Gasteiger partial charge in [0.25, 0.3) is 5.56 Å². The molecule has 0 aliphatic carbocycles. The number of hydrogen-bond acceptors (Lipinski definition) is 4. The van der Waals surface area contributed by atoms with E-state index < -0.39 is 0 Å². The van der Waals surface area contributed by atoms with Gasteiger partial charge in [0.2, 0.25) is 5.78 Å². The van der Waals surface area contributed by atoms with Crippen LogP contribution in [0.15, 0.2) is 82.7 Å². The average molecular weight is 413 g/mol. The number of nitrogens with zero attached hydrogens (tertiary/aromatic N) is 4. The highest BCUT2D eigenvalue weighted by Gasteiger charge is 2.18. The normalized spacial score (nSPS) is 11.4. The molecule has 0 amide bonds. The topological polar surface area (TPSA) is 52.2 Å². The molecule has 5 nitrogen and oxygen atoms in total. The standard InChI is InChI=1S/C24H20N4OS/c1-16-9-3-5-11-18(16)15-30-24-26-25-23-27(20-13-7-4-10-17(20)2)22(29)19-12-6-8-14-21(19)28(23)24/h3-14H,15H2,1-2H3. The first kappa shape index (κ1) is 18.6. The minimum atomic E-state index is -0.0877. The van der Waals surface area contributed by atoms with Crippen LogP contribution in [0.25, 0.3) is 22.4 Å². The molecular weight excluding hydrogens is 392 g/mol. The fourth-order valence-corrected chi connectivity index (χ4v) is 4.73. The Bertz CT molecular complexity index is 1450. The molecule has 0 aliphatic heterocycles. The Labute approximate surface area is 178 Å². The SMILES string of the molecule is Cc1ccccc1CSc1nnc2n(-c3ccccc3C)c(=O)c3ccccc3n12. The Morgan fingerprint density at radius 2 is 1.53 bits per heavy atom. The predicted octanol–water partition coefficient (Wildman–Crippen LogP) is 4.94. The van der Waals surface area contributed by atoms with Crippen LogP contribution in [0, 0.1) is 13.8 Å². The molecule has 0 saturated carbocycles. The summed E-state index contributed by atoms with van der Waals surface area (Å²) in [6.45, 7) is 4.11. The van der Waals surface area contributed by atoms with E-state index >= 15 is 0 Å². The number of rotatable bonds is 4. The quantitative estimate of drug-likeness (QED) is 0.392. The van der Waals surface area contributed by atoms with Crippen molar-refractivity contribution in [2.24, 2.45) is 0 Å². The van der Waals surface area contributed by atoms with Crippen molar-refractivity contribution < 1.29 is 0 Å². The second-order valence-corrected chi connectivity index (χ2v) is 8.22. The Morgan fingerprint density at radius 1 is 0.833 bits per heavy atom. The van der Waals surface area contributed by atoms with Gasteiger partial charge in [-0.2, -0.15) is 0 Å². The lowest BCUT2D eigenvalue weighted by Gasteiger charge is -2.13. The summed E-state index contributed by atoms with van der Waals surface area (Å²) < 4.78 is 3.66. The largest absolute Gasteiger partial charge is 0.268 e. The van der Waals surface area contributed by atoms with Crippen LogP contribution in [-0.2, 0) is 5.75 Å². The van der Waals surface area contributed by atoms with Crippen molar-refractivity contribution in [3.05, 3.63) is 99.8 Å². The first-order valence-corrected chi connectivity index (χ1v) is 10.8. The molecule has 0 aliphatic rings. The van der Waals surface area contributed by atoms with E-state index in [1.54, 1.807) is 16.3 Å². The highest BCUT2D eigenvalue weighted by atomic mass is 32.2. The third kappa shape index (κ3) is 3.00. The molecular formula is C24H20N4OS. The molecule has 2 aromatic heterocycles. The second-order valence-electron chi connectivity index (χ2n) is 7.28. The van der Waals surface area contributed by atoms with Gasteiger partial charge in [-0.25, -0.2) is 4.57 Å². The summed E-state index contributed by atoms with van der Waals surface area (Å²) in [4.78, 5) is 13.4. The molecule has 148 valence electrons. The molecule has 0 fully saturated rings. The van der Waals surface area contributed by atoms with E-state index in [1.807, 2.05) is 65.9 Å². The molecule has 0 atom stereocenters. The van der Waals surface area contributed by atoms with Crippen LogP contribution < -0.4 is 5.56 Å². The molecule has 5 aromatic rings. The average Bonchev–Trinajstić information content (AvgIpc) is 3.18. The van der Waals surface area contributed by atoms with E-state index in [-0.39, 0.29) is 5.56 Å². The van der Waals surface area contributed by atoms with Crippen molar-refractivity contribution in [1.29, 1.82) is 0 Å². The van der Waals surface area contributed by atoms with E-state index in [4.69, 9.17) is 0 Å². The van der Waals surface area contributed by atoms with Crippen molar-refractivity contribution in [2.75, 3.05) is 0 Å². The van der Waals surface area contributed by atoms with E-state index in [1.165, 1.54) is 11.1 Å². The van der Waals surface area contributed by atoms with Gasteiger partial charge in [-0.3, -0.25) is 9.20 Å². The summed E-state index contributed by atoms with van der Waals surface area (Å²) in [6, 6.07) is 23.8. The molecule has 0 saturated heterocycles. The van der Waals surface area contributed by atoms with Crippen molar-refractivity contribution in [3.63, 3.8) is 0 Å². The maximum absolute atomic E-state index is 13.4. The van der Waals surface area contributed by atoms with Crippen LogP contribution in [-0.4, -0.2) is 19.2 Å². The maximum Gasteiger partial charge on any atom is 0.267 e. The molecule has 0 bridgehead atoms. The molecule has 3 aromatic carbocycles. The van der Waals surface area contributed by atoms with Gasteiger partial charge in [-0.05, 0) is 48.7 Å². The Morgan fingerprint density at radius 3 is 2.33 bits per heavy atom. The molecule has 0 unspecified atom stereocenters. The number of para-hydroxylation sites is 2. The van der Waals surface area contributed by atoms with Crippen molar-refractivity contribution in [3.8, 4) is 5.69 Å². The van der Waals surface area contributed by atoms with Gasteiger partial charge in [-0.1, -0.05) is 66.4 Å². The molecule has 6 heteroatoms. The Balaban J connectivity index is 1.75. The number of benzene rings is 3. The smallest absolute Gasteiger partial charge is 0.267 e. The third-order valence-corrected chi connectivity index (χ3v) is 6.35. The molecule has 5 rings (SSSR count). The monoisotopic (exact) mass is 412 g/mol. The number of aromatic nitrogens is 4. The number of thioether (sulfide) groups is 1. The third-order valence-electron chi connectivity index (χ3n) is 5.37. The zero-order valence-corrected chi connectivity index (χ0v) is 17.6. The fourth-order valence-electron chi connectivity index (χ4n) is 3.72. The predicted molar refractivity (Wildman–Crippen MR) is 122 cm³/mol. The van der Waals surface area contributed by atoms with Gasteiger partial charge in [0.1, 0.15) is 0 Å². The van der Waals surface area contributed by atoms with Gasteiger partial charge in [0.15, 0.2) is 5.16 Å². The first-order valence-electron chi connectivity index (χ1n) is 9.77. The zero-order chi connectivity index (χ0) is 20.7. The highest BCUT2D eigenvalue weighted by molar-refractivity contribution is 7.98. The highest BCUT2D eigenvalue weighted by Crippen LogP contribution is 2.27. The Hall–Kier alpha value is -3.38. The summed E-state index contributed by atoms with van der Waals surface area (Å²) in [5.41, 5.74) is 5.07. The molecule has 0 radical (unpaired) electrons. The van der Waals surface area contributed by atoms with Crippen LogP contribution >= 0.6 is 11.8 Å². The fraction of sp³-hybridized carbons (Fsp3) is 0.125. The van der Waals surface area contributed by atoms with Crippen LogP contribution in [0.1, 0.15) is 16.7 Å². The zero-order valence-electron chi connectivity index (χ0n) is 16.7.